The molecule has 0 heterocycles. The number of nitrogens with two attached hydrogens (primary N) is 1. The predicted molar refractivity (Wildman–Crippen MR) is 196 cm³/mol. The van der Waals surface area contributed by atoms with E-state index in [-0.39, 0.29) is 13.2 Å². The molecule has 0 spiro atoms. The number of hydrogen-bond donors (Lipinski definition) is 1. The molecule has 12 nitrogen and oxygen atoms in total. The molecule has 0 saturated heterocycles. The fourth-order valence-corrected chi connectivity index (χ4v) is 3.25. The zero-order valence-electron chi connectivity index (χ0n) is 30.1. The first-order chi connectivity index (χ1) is 23.9. The fraction of sp³-hybridized carbons (Fsp3) is 0.657. The number of hydrogen-bond acceptors (Lipinski definition) is 11. The molecule has 1 amide bonds. The van der Waals surface area contributed by atoms with E-state index >= 15 is 0 Å². The highest BCUT2D eigenvalue weighted by Crippen LogP contribution is 2.26. The van der Waals surface area contributed by atoms with E-state index in [4.69, 9.17) is 54.7 Å². The number of halogens is 3. The summed E-state index contributed by atoms with van der Waals surface area (Å²) in [5.41, 5.74) is 5.68. The highest BCUT2D eigenvalue weighted by molar-refractivity contribution is 6.67. The summed E-state index contributed by atoms with van der Waals surface area (Å²) in [5.74, 6) is 0. The minimum absolute atomic E-state index is 0.271. The maximum absolute atomic E-state index is 11.1. The highest BCUT2D eigenvalue weighted by atomic mass is 35.6. The summed E-state index contributed by atoms with van der Waals surface area (Å²) in [7, 11) is 0. The smallest absolute Gasteiger partial charge is 0.450 e. The molecule has 0 saturated carbocycles. The van der Waals surface area contributed by atoms with E-state index in [0.29, 0.717) is 26.4 Å². The lowest BCUT2D eigenvalue weighted by Gasteiger charge is -2.11. The monoisotopic (exact) mass is 773 g/mol. The Bertz CT molecular complexity index is 965. The molecule has 50 heavy (non-hydrogen) atoms. The van der Waals surface area contributed by atoms with Crippen LogP contribution in [0.2, 0.25) is 0 Å². The summed E-state index contributed by atoms with van der Waals surface area (Å²) in [6, 6.07) is 9.55. The summed E-state index contributed by atoms with van der Waals surface area (Å²) in [6.45, 7) is 13.2. The Morgan fingerprint density at radius 3 is 1.40 bits per heavy atom. The molecule has 0 radical (unpaired) electrons. The summed E-state index contributed by atoms with van der Waals surface area (Å²) >= 11 is 16.1. The summed E-state index contributed by atoms with van der Waals surface area (Å²) in [5, 5.41) is 0. The molecule has 0 unspecified atom stereocenters. The van der Waals surface area contributed by atoms with Gasteiger partial charge in [0.15, 0.2) is 0 Å². The van der Waals surface area contributed by atoms with Crippen LogP contribution in [-0.4, -0.2) is 61.4 Å². The van der Waals surface area contributed by atoms with Crippen LogP contribution in [-0.2, 0) is 39.8 Å². The van der Waals surface area contributed by atoms with Gasteiger partial charge in [0, 0.05) is 0 Å². The average Bonchev–Trinajstić information content (AvgIpc) is 3.08. The van der Waals surface area contributed by atoms with Gasteiger partial charge in [-0.25, -0.2) is 19.2 Å². The number of carbonyl (C=O) groups excluding carboxylic acids is 4. The van der Waals surface area contributed by atoms with E-state index in [9.17, 15) is 19.2 Å². The Hall–Kier alpha value is -3.09. The lowest BCUT2D eigenvalue weighted by Crippen LogP contribution is -2.18. The van der Waals surface area contributed by atoms with Crippen LogP contribution in [0.4, 0.5) is 19.2 Å². The van der Waals surface area contributed by atoms with Crippen LogP contribution < -0.4 is 5.73 Å². The Balaban J connectivity index is -0.000000603. The third-order valence-electron chi connectivity index (χ3n) is 5.63. The van der Waals surface area contributed by atoms with Gasteiger partial charge in [-0.2, -0.15) is 0 Å². The number of amides is 1. The van der Waals surface area contributed by atoms with E-state index in [0.717, 1.165) is 88.9 Å². The lowest BCUT2D eigenvalue weighted by molar-refractivity contribution is 0.0487. The van der Waals surface area contributed by atoms with E-state index in [1.807, 2.05) is 30.3 Å². The van der Waals surface area contributed by atoms with Gasteiger partial charge in [0.25, 0.3) is 0 Å². The van der Waals surface area contributed by atoms with Crippen molar-refractivity contribution in [1.29, 1.82) is 0 Å². The fourth-order valence-electron chi connectivity index (χ4n) is 3.09. The van der Waals surface area contributed by atoms with Gasteiger partial charge in [0.05, 0.1) is 32.7 Å². The van der Waals surface area contributed by atoms with Crippen LogP contribution >= 0.6 is 34.8 Å². The zero-order chi connectivity index (χ0) is 38.3. The van der Waals surface area contributed by atoms with Gasteiger partial charge in [-0.3, -0.25) is 0 Å². The van der Waals surface area contributed by atoms with E-state index in [2.05, 4.69) is 53.2 Å². The average molecular weight is 775 g/mol. The number of alkyl halides is 3. The molecule has 0 aromatic heterocycles. The molecule has 0 atom stereocenters. The standard InChI is InChI=1S/C13H18O3.C8H13Cl3O3.C8H14O3.C6H13NO2/c1-2-3-7-10-15-13(14)16-11-12-8-5-4-6-9-12;1-2-3-4-5-13-7(12)14-6-8(9,10)11;1-3-5-6-7-11-8(9)10-4-2;1-2-3-4-5-9-6(7)8/h4-6,8-9H,2-3,7,10-11H2,1H3;2-6H2,1H3;4H,2-3,5-7H2,1H3;2-5H2,1H3,(H2,7,8). The highest BCUT2D eigenvalue weighted by Gasteiger charge is 2.22. The van der Waals surface area contributed by atoms with Crippen molar-refractivity contribution < 1.29 is 52.3 Å². The first kappa shape index (κ1) is 51.3. The third kappa shape index (κ3) is 47.0. The number of ether oxygens (including phenoxy) is 7. The Kier molecular flexibility index (Phi) is 39.7. The molecule has 1 aromatic rings. The van der Waals surface area contributed by atoms with Crippen molar-refractivity contribution >= 4 is 59.4 Å². The van der Waals surface area contributed by atoms with Gasteiger partial charge >= 0.3 is 24.6 Å². The molecule has 1 rings (SSSR count). The number of unbranched alkanes of at least 4 members (excludes halogenated alkanes) is 8. The molecule has 1 aromatic carbocycles. The molecule has 0 bridgehead atoms. The minimum Gasteiger partial charge on any atom is -0.450 e. The molecule has 0 aliphatic carbocycles. The van der Waals surface area contributed by atoms with Crippen LogP contribution in [0.5, 0.6) is 0 Å². The second-order valence-corrected chi connectivity index (χ2v) is 12.8. The molecule has 0 fully saturated rings. The van der Waals surface area contributed by atoms with Crippen LogP contribution in [0, 0.1) is 0 Å². The van der Waals surface area contributed by atoms with Crippen molar-refractivity contribution in [1.82, 2.24) is 0 Å². The topological polar surface area (TPSA) is 159 Å². The SMILES string of the molecule is C=COC(=O)OCCCCC.CCCCCOC(=O)OCC(Cl)(Cl)Cl.CCCCCOC(=O)OCc1ccccc1.CCCCCOC(N)=O. The molecule has 0 aliphatic heterocycles. The van der Waals surface area contributed by atoms with Crippen LogP contribution in [0.25, 0.3) is 0 Å². The third-order valence-corrected chi connectivity index (χ3v) is 5.96. The number of primary amides is 1. The normalized spacial score (nSPS) is 9.82. The molecule has 2 N–H and O–H groups in total. The summed E-state index contributed by atoms with van der Waals surface area (Å²) in [6.07, 6.45) is 10.5. The van der Waals surface area contributed by atoms with Gasteiger partial charge in [0.1, 0.15) is 13.2 Å². The quantitative estimate of drug-likeness (QED) is 0.0441. The molecule has 290 valence electrons. The van der Waals surface area contributed by atoms with Gasteiger partial charge < -0.3 is 38.9 Å². The van der Waals surface area contributed by atoms with Crippen LogP contribution in [0.3, 0.4) is 0 Å². The second-order valence-electron chi connectivity index (χ2n) is 10.3. The van der Waals surface area contributed by atoms with Crippen molar-refractivity contribution in [2.75, 3.05) is 33.0 Å². The summed E-state index contributed by atoms with van der Waals surface area (Å²) < 4.78 is 31.0. The van der Waals surface area contributed by atoms with Crippen molar-refractivity contribution in [2.45, 2.75) is 115 Å². The van der Waals surface area contributed by atoms with Crippen molar-refractivity contribution in [3.8, 4) is 0 Å². The number of benzene rings is 1. The Morgan fingerprint density at radius 1 is 0.620 bits per heavy atom. The van der Waals surface area contributed by atoms with E-state index < -0.39 is 28.4 Å². The number of rotatable bonds is 20. The van der Waals surface area contributed by atoms with Crippen molar-refractivity contribution in [3.05, 3.63) is 48.7 Å². The number of carbonyl (C=O) groups is 4. The lowest BCUT2D eigenvalue weighted by atomic mass is 10.2. The van der Waals surface area contributed by atoms with Crippen molar-refractivity contribution in [3.63, 3.8) is 0 Å². The van der Waals surface area contributed by atoms with Gasteiger partial charge in [0.2, 0.25) is 3.79 Å². The second kappa shape index (κ2) is 38.7. The maximum atomic E-state index is 11.1. The Morgan fingerprint density at radius 2 is 1.02 bits per heavy atom. The maximum Gasteiger partial charge on any atom is 0.513 e. The summed E-state index contributed by atoms with van der Waals surface area (Å²) in [4.78, 5) is 42.4. The van der Waals surface area contributed by atoms with E-state index in [1.54, 1.807) is 0 Å². The van der Waals surface area contributed by atoms with Gasteiger partial charge in [-0.15, -0.1) is 0 Å². The largest absolute Gasteiger partial charge is 0.513 e. The molecular weight excluding hydrogens is 717 g/mol. The van der Waals surface area contributed by atoms with E-state index in [1.165, 1.54) is 0 Å². The van der Waals surface area contributed by atoms with Gasteiger partial charge in [-0.1, -0.05) is 151 Å². The molecule has 0 aliphatic rings. The Labute approximate surface area is 313 Å². The molecular formula is C35H58Cl3NO11. The first-order valence-corrected chi connectivity index (χ1v) is 18.1. The van der Waals surface area contributed by atoms with Gasteiger partial charge in [-0.05, 0) is 31.2 Å². The predicted octanol–water partition coefficient (Wildman–Crippen LogP) is 11.0. The zero-order valence-corrected chi connectivity index (χ0v) is 32.4. The minimum atomic E-state index is -1.58. The first-order valence-electron chi connectivity index (χ1n) is 16.9. The van der Waals surface area contributed by atoms with Crippen LogP contribution in [0.1, 0.15) is 110 Å². The molecule has 15 heteroatoms. The van der Waals surface area contributed by atoms with Crippen LogP contribution in [0.15, 0.2) is 43.2 Å². The van der Waals surface area contributed by atoms with Crippen molar-refractivity contribution in [2.24, 2.45) is 5.73 Å².